The molecule has 0 radical (unpaired) electrons. The van der Waals surface area contributed by atoms with E-state index < -0.39 is 11.7 Å². The Morgan fingerprint density at radius 3 is 2.69 bits per heavy atom. The molecule has 0 saturated carbocycles. The number of nitrogens with zero attached hydrogens (tertiary/aromatic N) is 2. The maximum absolute atomic E-state index is 12.5. The fraction of sp³-hybridized carbons (Fsp3) is 0.625. The molecule has 0 bridgehead atoms. The second-order valence-electron chi connectivity index (χ2n) is 5.73. The van der Waals surface area contributed by atoms with E-state index in [1.54, 1.807) is 7.05 Å². The maximum Gasteiger partial charge on any atom is 0.417 e. The van der Waals surface area contributed by atoms with Crippen LogP contribution in [0.25, 0.3) is 0 Å². The number of halogens is 4. The van der Waals surface area contributed by atoms with Crippen LogP contribution in [0.2, 0.25) is 0 Å². The van der Waals surface area contributed by atoms with Gasteiger partial charge in [-0.2, -0.15) is 24.9 Å². The summed E-state index contributed by atoms with van der Waals surface area (Å²) in [7, 11) is 1.74. The van der Waals surface area contributed by atoms with Crippen LogP contribution >= 0.6 is 35.7 Å². The summed E-state index contributed by atoms with van der Waals surface area (Å²) in [5.74, 6) is 2.45. The predicted molar refractivity (Wildman–Crippen MR) is 113 cm³/mol. The lowest BCUT2D eigenvalue weighted by Crippen LogP contribution is -2.40. The van der Waals surface area contributed by atoms with Crippen LogP contribution in [0, 0.1) is 0 Å². The molecule has 1 atom stereocenters. The van der Waals surface area contributed by atoms with E-state index in [9.17, 15) is 13.2 Å². The molecule has 26 heavy (non-hydrogen) atoms. The van der Waals surface area contributed by atoms with Gasteiger partial charge in [0.2, 0.25) is 0 Å². The number of guanidine groups is 1. The van der Waals surface area contributed by atoms with Crippen molar-refractivity contribution in [2.75, 3.05) is 37.8 Å². The van der Waals surface area contributed by atoms with E-state index in [1.807, 2.05) is 11.8 Å². The Balaban J connectivity index is 0.00000338. The molecule has 1 aliphatic heterocycles. The Morgan fingerprint density at radius 2 is 2.12 bits per heavy atom. The van der Waals surface area contributed by atoms with Crippen molar-refractivity contribution in [2.24, 2.45) is 4.99 Å². The van der Waals surface area contributed by atoms with Crippen LogP contribution in [-0.4, -0.2) is 48.6 Å². The minimum atomic E-state index is -4.35. The Bertz CT molecular complexity index is 548. The molecule has 0 spiro atoms. The summed E-state index contributed by atoms with van der Waals surface area (Å²) in [6.45, 7) is 2.24. The monoisotopic (exact) mass is 503 g/mol. The minimum Gasteiger partial charge on any atom is -0.370 e. The molecule has 1 aliphatic rings. The molecule has 2 heterocycles. The van der Waals surface area contributed by atoms with Gasteiger partial charge in [0, 0.05) is 38.1 Å². The number of hydrogen-bond donors (Lipinski definition) is 3. The predicted octanol–water partition coefficient (Wildman–Crippen LogP) is 3.58. The highest BCUT2D eigenvalue weighted by Gasteiger charge is 2.30. The van der Waals surface area contributed by atoms with E-state index in [0.717, 1.165) is 31.2 Å². The number of anilines is 1. The van der Waals surface area contributed by atoms with Gasteiger partial charge in [0.15, 0.2) is 5.96 Å². The van der Waals surface area contributed by atoms with Gasteiger partial charge in [-0.1, -0.05) is 0 Å². The highest BCUT2D eigenvalue weighted by atomic mass is 127. The summed E-state index contributed by atoms with van der Waals surface area (Å²) in [6, 6.07) is 2.37. The minimum absolute atomic E-state index is 0. The quantitative estimate of drug-likeness (QED) is 0.230. The second kappa shape index (κ2) is 11.7. The standard InChI is InChI=1S/C16H24F3N5S.HI/c1-20-15(24-11-13-4-2-9-25-13)22-8-3-7-21-14-6-5-12(10-23-14)16(17,18)19;/h5-6,10,13H,2-4,7-9,11H2,1H3,(H,21,23)(H2,20,22,24);1H. The van der Waals surface area contributed by atoms with Crippen LogP contribution in [0.3, 0.4) is 0 Å². The normalized spacial score (nSPS) is 17.5. The Hall–Kier alpha value is -0.910. The first-order chi connectivity index (χ1) is 12.0. The van der Waals surface area contributed by atoms with Gasteiger partial charge in [-0.25, -0.2) is 4.98 Å². The molecule has 1 saturated heterocycles. The van der Waals surface area contributed by atoms with Crippen LogP contribution in [0.1, 0.15) is 24.8 Å². The van der Waals surface area contributed by atoms with Crippen LogP contribution < -0.4 is 16.0 Å². The second-order valence-corrected chi connectivity index (χ2v) is 7.13. The average molecular weight is 503 g/mol. The average Bonchev–Trinajstić information content (AvgIpc) is 3.10. The van der Waals surface area contributed by atoms with E-state index in [1.165, 1.54) is 24.7 Å². The van der Waals surface area contributed by atoms with Gasteiger partial charge in [0.1, 0.15) is 5.82 Å². The number of alkyl halides is 3. The summed E-state index contributed by atoms with van der Waals surface area (Å²) >= 11 is 1.99. The van der Waals surface area contributed by atoms with Crippen molar-refractivity contribution in [3.63, 3.8) is 0 Å². The first-order valence-corrected chi connectivity index (χ1v) is 9.37. The van der Waals surface area contributed by atoms with E-state index in [-0.39, 0.29) is 24.0 Å². The van der Waals surface area contributed by atoms with Crippen molar-refractivity contribution >= 4 is 47.5 Å². The van der Waals surface area contributed by atoms with Gasteiger partial charge in [-0.05, 0) is 37.1 Å². The van der Waals surface area contributed by atoms with Crippen molar-refractivity contribution in [1.82, 2.24) is 15.6 Å². The lowest BCUT2D eigenvalue weighted by atomic mass is 10.2. The summed E-state index contributed by atoms with van der Waals surface area (Å²) in [4.78, 5) is 7.96. The van der Waals surface area contributed by atoms with Crippen molar-refractivity contribution in [3.05, 3.63) is 23.9 Å². The highest BCUT2D eigenvalue weighted by Crippen LogP contribution is 2.28. The molecule has 1 unspecified atom stereocenters. The fourth-order valence-corrected chi connectivity index (χ4v) is 3.62. The fourth-order valence-electron chi connectivity index (χ4n) is 2.41. The lowest BCUT2D eigenvalue weighted by molar-refractivity contribution is -0.137. The molecule has 1 aromatic heterocycles. The highest BCUT2D eigenvalue weighted by molar-refractivity contribution is 14.0. The first kappa shape index (κ1) is 23.1. The topological polar surface area (TPSA) is 61.3 Å². The summed E-state index contributed by atoms with van der Waals surface area (Å²) in [6.07, 6.45) is -0.185. The molecular weight excluding hydrogens is 478 g/mol. The van der Waals surface area contributed by atoms with Crippen molar-refractivity contribution in [2.45, 2.75) is 30.7 Å². The Kier molecular flexibility index (Phi) is 10.4. The molecule has 10 heteroatoms. The van der Waals surface area contributed by atoms with E-state index in [4.69, 9.17) is 0 Å². The zero-order chi connectivity index (χ0) is 18.1. The van der Waals surface area contributed by atoms with E-state index >= 15 is 0 Å². The molecule has 0 aromatic carbocycles. The molecule has 148 valence electrons. The molecule has 2 rings (SSSR count). The zero-order valence-corrected chi connectivity index (χ0v) is 17.8. The molecular formula is C16H25F3IN5S. The van der Waals surface area contributed by atoms with Gasteiger partial charge in [0.05, 0.1) is 5.56 Å². The van der Waals surface area contributed by atoms with Crippen LogP contribution in [-0.2, 0) is 6.18 Å². The Morgan fingerprint density at radius 1 is 1.31 bits per heavy atom. The zero-order valence-electron chi connectivity index (χ0n) is 14.6. The van der Waals surface area contributed by atoms with Crippen molar-refractivity contribution in [1.29, 1.82) is 0 Å². The number of rotatable bonds is 7. The molecule has 1 fully saturated rings. The molecule has 0 aliphatic carbocycles. The number of aromatic nitrogens is 1. The third kappa shape index (κ3) is 8.19. The third-order valence-corrected chi connectivity index (χ3v) is 5.19. The number of pyridine rings is 1. The first-order valence-electron chi connectivity index (χ1n) is 8.32. The molecule has 3 N–H and O–H groups in total. The lowest BCUT2D eigenvalue weighted by Gasteiger charge is -2.15. The number of nitrogens with one attached hydrogen (secondary N) is 3. The number of aliphatic imine (C=N–C) groups is 1. The van der Waals surface area contributed by atoms with Gasteiger partial charge < -0.3 is 16.0 Å². The van der Waals surface area contributed by atoms with Gasteiger partial charge in [-0.3, -0.25) is 4.99 Å². The van der Waals surface area contributed by atoms with Crippen LogP contribution in [0.15, 0.2) is 23.3 Å². The summed E-state index contributed by atoms with van der Waals surface area (Å²) in [5, 5.41) is 10.2. The van der Waals surface area contributed by atoms with Gasteiger partial charge in [0.25, 0.3) is 0 Å². The molecule has 5 nitrogen and oxygen atoms in total. The molecule has 1 aromatic rings. The number of hydrogen-bond acceptors (Lipinski definition) is 4. The Labute approximate surface area is 173 Å². The smallest absolute Gasteiger partial charge is 0.370 e. The third-order valence-electron chi connectivity index (χ3n) is 3.79. The number of thioether (sulfide) groups is 1. The SMILES string of the molecule is CN=C(NCCCNc1ccc(C(F)(F)F)cn1)NCC1CCCS1.I. The summed E-state index contributed by atoms with van der Waals surface area (Å²) < 4.78 is 37.4. The van der Waals surface area contributed by atoms with Gasteiger partial charge >= 0.3 is 6.18 Å². The van der Waals surface area contributed by atoms with Crippen molar-refractivity contribution in [3.8, 4) is 0 Å². The largest absolute Gasteiger partial charge is 0.417 e. The van der Waals surface area contributed by atoms with Crippen LogP contribution in [0.4, 0.5) is 19.0 Å². The van der Waals surface area contributed by atoms with E-state index in [0.29, 0.717) is 24.2 Å². The van der Waals surface area contributed by atoms with Crippen molar-refractivity contribution < 1.29 is 13.2 Å². The van der Waals surface area contributed by atoms with E-state index in [2.05, 4.69) is 25.9 Å². The molecule has 0 amide bonds. The maximum atomic E-state index is 12.5. The van der Waals surface area contributed by atoms with Gasteiger partial charge in [-0.15, -0.1) is 24.0 Å². The van der Waals surface area contributed by atoms with Crippen LogP contribution in [0.5, 0.6) is 0 Å². The summed E-state index contributed by atoms with van der Waals surface area (Å²) in [5.41, 5.74) is -0.741.